The van der Waals surface area contributed by atoms with E-state index in [1.807, 2.05) is 84.9 Å². The number of benzene rings is 3. The summed E-state index contributed by atoms with van der Waals surface area (Å²) in [4.78, 5) is 27.9. The molecule has 0 bridgehead atoms. The van der Waals surface area contributed by atoms with Gasteiger partial charge in [0.1, 0.15) is 19.0 Å². The summed E-state index contributed by atoms with van der Waals surface area (Å²) >= 11 is 0. The van der Waals surface area contributed by atoms with Crippen LogP contribution in [0.2, 0.25) is 0 Å². The lowest BCUT2D eigenvalue weighted by molar-refractivity contribution is -0.144. The fourth-order valence-electron chi connectivity index (χ4n) is 3.46. The second kappa shape index (κ2) is 10.3. The van der Waals surface area contributed by atoms with E-state index in [1.165, 1.54) is 0 Å². The lowest BCUT2D eigenvalue weighted by Gasteiger charge is -2.09. The van der Waals surface area contributed by atoms with E-state index in [4.69, 9.17) is 9.47 Å². The predicted octanol–water partition coefficient (Wildman–Crippen LogP) is 5.59. The summed E-state index contributed by atoms with van der Waals surface area (Å²) in [7, 11) is 0. The number of fused-ring (bicyclic) bond motifs is 1. The van der Waals surface area contributed by atoms with Crippen molar-refractivity contribution < 1.29 is 19.1 Å². The van der Waals surface area contributed by atoms with E-state index in [1.54, 1.807) is 0 Å². The Morgan fingerprint density at radius 2 is 1.34 bits per heavy atom. The summed E-state index contributed by atoms with van der Waals surface area (Å²) in [6.07, 6.45) is 0.0577. The minimum absolute atomic E-state index is 0.175. The fraction of sp³-hybridized carbons (Fsp3) is 0.154. The van der Waals surface area contributed by atoms with Crippen molar-refractivity contribution in [1.29, 1.82) is 0 Å². The highest BCUT2D eigenvalue weighted by atomic mass is 16.5. The van der Waals surface area contributed by atoms with Crippen molar-refractivity contribution >= 4 is 28.8 Å². The molecule has 1 heterocycles. The largest absolute Gasteiger partial charge is 0.461 e. The second-order valence-electron chi connectivity index (χ2n) is 7.36. The molecule has 1 aromatic heterocycles. The normalized spacial score (nSPS) is 10.6. The smallest absolute Gasteiger partial charge is 0.413 e. The SMILES string of the molecule is O=C(CCc1c(NC(=O)OCc2ccccc2)[nH]c2ccccc12)OCc1ccccc1. The number of carbonyl (C=O) groups excluding carboxylic acids is 2. The van der Waals surface area contributed by atoms with Crippen LogP contribution in [0.5, 0.6) is 0 Å². The highest BCUT2D eigenvalue weighted by Gasteiger charge is 2.16. The summed E-state index contributed by atoms with van der Waals surface area (Å²) in [5, 5.41) is 3.73. The Hall–Kier alpha value is -4.06. The summed E-state index contributed by atoms with van der Waals surface area (Å²) in [5.74, 6) is 0.233. The Morgan fingerprint density at radius 3 is 2.03 bits per heavy atom. The maximum absolute atomic E-state index is 12.4. The van der Waals surface area contributed by atoms with E-state index in [2.05, 4.69) is 10.3 Å². The molecule has 0 saturated carbocycles. The van der Waals surface area contributed by atoms with Crippen LogP contribution in [0, 0.1) is 0 Å². The maximum atomic E-state index is 12.4. The number of hydrogen-bond donors (Lipinski definition) is 2. The molecule has 0 aliphatic rings. The van der Waals surface area contributed by atoms with Gasteiger partial charge in [-0.05, 0) is 23.6 Å². The summed E-state index contributed by atoms with van der Waals surface area (Å²) in [6, 6.07) is 26.7. The first-order valence-corrected chi connectivity index (χ1v) is 10.5. The van der Waals surface area contributed by atoms with E-state index in [9.17, 15) is 9.59 Å². The van der Waals surface area contributed by atoms with Gasteiger partial charge >= 0.3 is 12.1 Å². The minimum atomic E-state index is -0.562. The molecule has 6 heteroatoms. The first-order valence-electron chi connectivity index (χ1n) is 10.5. The number of ether oxygens (including phenoxy) is 2. The van der Waals surface area contributed by atoms with Crippen LogP contribution in [0.4, 0.5) is 10.6 Å². The standard InChI is InChI=1S/C26H24N2O4/c29-24(31-17-19-9-3-1-4-10-19)16-15-22-21-13-7-8-14-23(21)27-25(22)28-26(30)32-18-20-11-5-2-6-12-20/h1-14,27H,15-18H2,(H,28,30). The van der Waals surface area contributed by atoms with Crippen molar-refractivity contribution in [3.05, 3.63) is 102 Å². The highest BCUT2D eigenvalue weighted by Crippen LogP contribution is 2.28. The number of aryl methyl sites for hydroxylation is 1. The molecule has 162 valence electrons. The van der Waals surface area contributed by atoms with Crippen molar-refractivity contribution in [3.8, 4) is 0 Å². The Morgan fingerprint density at radius 1 is 0.750 bits per heavy atom. The van der Waals surface area contributed by atoms with Gasteiger partial charge in [-0.25, -0.2) is 4.79 Å². The molecule has 2 N–H and O–H groups in total. The Labute approximate surface area is 186 Å². The van der Waals surface area contributed by atoms with Crippen LogP contribution in [0.3, 0.4) is 0 Å². The Bertz CT molecular complexity index is 1190. The number of para-hydroxylation sites is 1. The molecule has 0 atom stereocenters. The summed E-state index contributed by atoms with van der Waals surface area (Å²) < 4.78 is 10.7. The van der Waals surface area contributed by atoms with Crippen molar-refractivity contribution in [2.45, 2.75) is 26.1 Å². The van der Waals surface area contributed by atoms with Gasteiger partial charge < -0.3 is 14.5 Å². The lowest BCUT2D eigenvalue weighted by Crippen LogP contribution is -2.15. The van der Waals surface area contributed by atoms with Crippen LogP contribution in [0.25, 0.3) is 10.9 Å². The number of esters is 1. The molecule has 0 saturated heterocycles. The number of rotatable bonds is 8. The van der Waals surface area contributed by atoms with Gasteiger partial charge in [0, 0.05) is 22.9 Å². The summed E-state index contributed by atoms with van der Waals surface area (Å²) in [5.41, 5.74) is 3.56. The van der Waals surface area contributed by atoms with E-state index in [-0.39, 0.29) is 25.6 Å². The Balaban J connectivity index is 1.39. The zero-order valence-corrected chi connectivity index (χ0v) is 17.5. The minimum Gasteiger partial charge on any atom is -0.461 e. The number of aromatic amines is 1. The molecule has 32 heavy (non-hydrogen) atoms. The third kappa shape index (κ3) is 5.55. The lowest BCUT2D eigenvalue weighted by atomic mass is 10.1. The van der Waals surface area contributed by atoms with E-state index in [0.717, 1.165) is 27.6 Å². The van der Waals surface area contributed by atoms with E-state index in [0.29, 0.717) is 12.2 Å². The third-order valence-electron chi connectivity index (χ3n) is 5.08. The van der Waals surface area contributed by atoms with Crippen molar-refractivity contribution in [3.63, 3.8) is 0 Å². The number of nitrogens with one attached hydrogen (secondary N) is 2. The van der Waals surface area contributed by atoms with Gasteiger partial charge in [0.05, 0.1) is 0 Å². The molecule has 1 amide bonds. The van der Waals surface area contributed by atoms with Gasteiger partial charge in [-0.1, -0.05) is 78.9 Å². The van der Waals surface area contributed by atoms with Crippen LogP contribution in [-0.4, -0.2) is 17.0 Å². The highest BCUT2D eigenvalue weighted by molar-refractivity contribution is 5.94. The molecule has 0 spiro atoms. The summed E-state index contributed by atoms with van der Waals surface area (Å²) in [6.45, 7) is 0.415. The Kier molecular flexibility index (Phi) is 6.82. The molecule has 4 rings (SSSR count). The molecule has 3 aromatic carbocycles. The zero-order valence-electron chi connectivity index (χ0n) is 17.5. The average molecular weight is 428 g/mol. The number of anilines is 1. The average Bonchev–Trinajstić information content (AvgIpc) is 3.18. The van der Waals surface area contributed by atoms with Crippen LogP contribution in [-0.2, 0) is 33.9 Å². The number of amides is 1. The second-order valence-corrected chi connectivity index (χ2v) is 7.36. The molecule has 0 radical (unpaired) electrons. The number of aromatic nitrogens is 1. The van der Waals surface area contributed by atoms with Gasteiger partial charge in [-0.15, -0.1) is 0 Å². The van der Waals surface area contributed by atoms with Crippen molar-refractivity contribution in [1.82, 2.24) is 4.98 Å². The topological polar surface area (TPSA) is 80.4 Å². The first-order chi connectivity index (χ1) is 15.7. The number of hydrogen-bond acceptors (Lipinski definition) is 4. The van der Waals surface area contributed by atoms with Crippen LogP contribution < -0.4 is 5.32 Å². The molecule has 0 fully saturated rings. The molecular weight excluding hydrogens is 404 g/mol. The van der Waals surface area contributed by atoms with Crippen molar-refractivity contribution in [2.75, 3.05) is 5.32 Å². The fourth-order valence-corrected chi connectivity index (χ4v) is 3.46. The molecule has 0 aliphatic heterocycles. The molecule has 6 nitrogen and oxygen atoms in total. The molecule has 0 aliphatic carbocycles. The predicted molar refractivity (Wildman–Crippen MR) is 123 cm³/mol. The molecule has 4 aromatic rings. The van der Waals surface area contributed by atoms with Crippen LogP contribution in [0.1, 0.15) is 23.1 Å². The van der Waals surface area contributed by atoms with Crippen molar-refractivity contribution in [2.24, 2.45) is 0 Å². The van der Waals surface area contributed by atoms with Gasteiger partial charge in [0.2, 0.25) is 0 Å². The monoisotopic (exact) mass is 428 g/mol. The third-order valence-corrected chi connectivity index (χ3v) is 5.08. The molecule has 0 unspecified atom stereocenters. The van der Waals surface area contributed by atoms with Gasteiger partial charge in [0.25, 0.3) is 0 Å². The van der Waals surface area contributed by atoms with Gasteiger partial charge in [-0.2, -0.15) is 0 Å². The number of H-pyrrole nitrogens is 1. The van der Waals surface area contributed by atoms with Crippen LogP contribution >= 0.6 is 0 Å². The van der Waals surface area contributed by atoms with E-state index < -0.39 is 6.09 Å². The van der Waals surface area contributed by atoms with Gasteiger partial charge in [0.15, 0.2) is 0 Å². The maximum Gasteiger partial charge on any atom is 0.413 e. The zero-order chi connectivity index (χ0) is 22.2. The van der Waals surface area contributed by atoms with E-state index >= 15 is 0 Å². The number of carbonyl (C=O) groups is 2. The molecular formula is C26H24N2O4. The first kappa shape index (κ1) is 21.2. The van der Waals surface area contributed by atoms with Gasteiger partial charge in [-0.3, -0.25) is 10.1 Å². The quantitative estimate of drug-likeness (QED) is 0.358. The van der Waals surface area contributed by atoms with Crippen LogP contribution in [0.15, 0.2) is 84.9 Å².